The lowest BCUT2D eigenvalue weighted by atomic mass is 10.0. The van der Waals surface area contributed by atoms with Gasteiger partial charge in [0, 0.05) is 12.4 Å². The van der Waals surface area contributed by atoms with Gasteiger partial charge in [0.25, 0.3) is 0 Å². The van der Waals surface area contributed by atoms with E-state index in [2.05, 4.69) is 4.98 Å². The van der Waals surface area contributed by atoms with Crippen molar-refractivity contribution < 1.29 is 5.11 Å². The minimum atomic E-state index is -0.747. The third kappa shape index (κ3) is 3.49. The fourth-order valence-electron chi connectivity index (χ4n) is 0.760. The summed E-state index contributed by atoms with van der Waals surface area (Å²) in [6.07, 6.45) is 3.35. The predicted molar refractivity (Wildman–Crippen MR) is 50.8 cm³/mol. The van der Waals surface area contributed by atoms with Crippen molar-refractivity contribution in [3.63, 3.8) is 0 Å². The zero-order valence-electron chi connectivity index (χ0n) is 8.20. The third-order valence-electron chi connectivity index (χ3n) is 1.39. The van der Waals surface area contributed by atoms with E-state index in [9.17, 15) is 5.11 Å². The van der Waals surface area contributed by atoms with Crippen LogP contribution in [-0.4, -0.2) is 10.1 Å². The smallest absolute Gasteiger partial charge is 0.0841 e. The minimum Gasteiger partial charge on any atom is -0.386 e. The fraction of sp³-hybridized carbons (Fsp3) is 0.500. The van der Waals surface area contributed by atoms with Crippen LogP contribution in [-0.2, 0) is 5.60 Å². The maximum absolute atomic E-state index is 9.46. The molecule has 1 aromatic heterocycles. The van der Waals surface area contributed by atoms with Gasteiger partial charge >= 0.3 is 0 Å². The molecule has 1 rings (SSSR count). The average Bonchev–Trinajstić information content (AvgIpc) is 2.08. The van der Waals surface area contributed by atoms with Gasteiger partial charge in [0.15, 0.2) is 0 Å². The molecule has 0 radical (unpaired) electrons. The highest BCUT2D eigenvalue weighted by Gasteiger charge is 2.14. The Hall–Kier alpha value is -0.890. The second-order valence-corrected chi connectivity index (χ2v) is 2.79. The number of aliphatic hydroxyl groups is 1. The molecule has 12 heavy (non-hydrogen) atoms. The summed E-state index contributed by atoms with van der Waals surface area (Å²) in [5.41, 5.74) is 0.144. The number of aromatic nitrogens is 1. The summed E-state index contributed by atoms with van der Waals surface area (Å²) in [5, 5.41) is 9.46. The first-order chi connectivity index (χ1) is 5.61. The van der Waals surface area contributed by atoms with Gasteiger partial charge in [0.1, 0.15) is 0 Å². The van der Waals surface area contributed by atoms with Crippen LogP contribution in [0.4, 0.5) is 0 Å². The van der Waals surface area contributed by atoms with Gasteiger partial charge in [-0.25, -0.2) is 0 Å². The Labute approximate surface area is 74.3 Å². The van der Waals surface area contributed by atoms with Crippen LogP contribution in [0.3, 0.4) is 0 Å². The van der Waals surface area contributed by atoms with Crippen molar-refractivity contribution in [2.75, 3.05) is 0 Å². The van der Waals surface area contributed by atoms with E-state index in [0.29, 0.717) is 0 Å². The van der Waals surface area contributed by atoms with Crippen molar-refractivity contribution in [2.24, 2.45) is 0 Å². The Kier molecular flexibility index (Phi) is 4.52. The quantitative estimate of drug-likeness (QED) is 0.696. The summed E-state index contributed by atoms with van der Waals surface area (Å²) >= 11 is 0. The molecule has 1 aromatic rings. The van der Waals surface area contributed by atoms with E-state index in [0.717, 1.165) is 5.56 Å². The SMILES string of the molecule is CC.CC(C)(O)c1ccncc1. The van der Waals surface area contributed by atoms with Gasteiger partial charge in [-0.1, -0.05) is 13.8 Å². The number of nitrogens with zero attached hydrogens (tertiary/aromatic N) is 1. The normalized spacial score (nSPS) is 10.1. The molecule has 0 aliphatic heterocycles. The van der Waals surface area contributed by atoms with Gasteiger partial charge in [-0.3, -0.25) is 4.98 Å². The van der Waals surface area contributed by atoms with E-state index in [1.807, 2.05) is 13.8 Å². The van der Waals surface area contributed by atoms with Crippen LogP contribution in [0.25, 0.3) is 0 Å². The second kappa shape index (κ2) is 4.88. The van der Waals surface area contributed by atoms with Crippen molar-refractivity contribution in [1.29, 1.82) is 0 Å². The van der Waals surface area contributed by atoms with Crippen molar-refractivity contribution in [3.8, 4) is 0 Å². The number of hydrogen-bond acceptors (Lipinski definition) is 2. The summed E-state index contributed by atoms with van der Waals surface area (Å²) in [7, 11) is 0. The lowest BCUT2D eigenvalue weighted by molar-refractivity contribution is 0.0785. The van der Waals surface area contributed by atoms with E-state index < -0.39 is 5.60 Å². The van der Waals surface area contributed by atoms with Crippen LogP contribution in [0.2, 0.25) is 0 Å². The van der Waals surface area contributed by atoms with Gasteiger partial charge in [0.05, 0.1) is 5.60 Å². The summed E-state index contributed by atoms with van der Waals surface area (Å²) in [4.78, 5) is 3.85. The van der Waals surface area contributed by atoms with E-state index in [1.165, 1.54) is 0 Å². The number of rotatable bonds is 1. The molecular weight excluding hydrogens is 150 g/mol. The molecule has 0 unspecified atom stereocenters. The van der Waals surface area contributed by atoms with Crippen LogP contribution < -0.4 is 0 Å². The maximum Gasteiger partial charge on any atom is 0.0841 e. The first-order valence-corrected chi connectivity index (χ1v) is 4.23. The van der Waals surface area contributed by atoms with Crippen molar-refractivity contribution in [1.82, 2.24) is 4.98 Å². The third-order valence-corrected chi connectivity index (χ3v) is 1.39. The molecule has 0 atom stereocenters. The van der Waals surface area contributed by atoms with Crippen molar-refractivity contribution in [3.05, 3.63) is 30.1 Å². The Balaban J connectivity index is 0.000000561. The van der Waals surface area contributed by atoms with Crippen LogP contribution in [0.15, 0.2) is 24.5 Å². The highest BCUT2D eigenvalue weighted by atomic mass is 16.3. The minimum absolute atomic E-state index is 0.747. The zero-order valence-corrected chi connectivity index (χ0v) is 8.20. The van der Waals surface area contributed by atoms with Crippen LogP contribution in [0, 0.1) is 0 Å². The molecule has 0 aliphatic rings. The van der Waals surface area contributed by atoms with E-state index in [-0.39, 0.29) is 0 Å². The maximum atomic E-state index is 9.46. The molecule has 0 spiro atoms. The van der Waals surface area contributed by atoms with Crippen molar-refractivity contribution >= 4 is 0 Å². The Bertz CT molecular complexity index is 201. The van der Waals surface area contributed by atoms with Gasteiger partial charge in [-0.2, -0.15) is 0 Å². The molecule has 68 valence electrons. The molecule has 0 saturated carbocycles. The molecule has 0 saturated heterocycles. The first-order valence-electron chi connectivity index (χ1n) is 4.23. The number of pyridine rings is 1. The van der Waals surface area contributed by atoms with Crippen LogP contribution in [0.1, 0.15) is 33.3 Å². The van der Waals surface area contributed by atoms with Gasteiger partial charge in [-0.05, 0) is 31.5 Å². The summed E-state index contributed by atoms with van der Waals surface area (Å²) in [6, 6.07) is 3.61. The fourth-order valence-corrected chi connectivity index (χ4v) is 0.760. The standard InChI is InChI=1S/C8H11NO.C2H6/c1-8(2,10)7-3-5-9-6-4-7;1-2/h3-6,10H,1-2H3;1-2H3. The second-order valence-electron chi connectivity index (χ2n) is 2.79. The highest BCUT2D eigenvalue weighted by molar-refractivity contribution is 5.16. The van der Waals surface area contributed by atoms with Gasteiger partial charge in [-0.15, -0.1) is 0 Å². The van der Waals surface area contributed by atoms with Gasteiger partial charge in [0.2, 0.25) is 0 Å². The first kappa shape index (κ1) is 11.1. The molecule has 0 fully saturated rings. The predicted octanol–water partition coefficient (Wildman–Crippen LogP) is 2.34. The Morgan fingerprint density at radius 3 is 1.83 bits per heavy atom. The molecule has 0 aromatic carbocycles. The van der Waals surface area contributed by atoms with Gasteiger partial charge < -0.3 is 5.11 Å². The molecule has 0 aliphatic carbocycles. The highest BCUT2D eigenvalue weighted by Crippen LogP contribution is 2.17. The van der Waals surface area contributed by atoms with Crippen LogP contribution in [0.5, 0.6) is 0 Å². The molecule has 0 bridgehead atoms. The largest absolute Gasteiger partial charge is 0.386 e. The lowest BCUT2D eigenvalue weighted by Gasteiger charge is -2.16. The molecule has 0 amide bonds. The molecule has 2 heteroatoms. The Morgan fingerprint density at radius 2 is 1.58 bits per heavy atom. The summed E-state index contributed by atoms with van der Waals surface area (Å²) in [6.45, 7) is 7.50. The van der Waals surface area contributed by atoms with Crippen LogP contribution >= 0.6 is 0 Å². The molecule has 2 nitrogen and oxygen atoms in total. The topological polar surface area (TPSA) is 33.1 Å². The van der Waals surface area contributed by atoms with E-state index in [4.69, 9.17) is 0 Å². The number of hydrogen-bond donors (Lipinski definition) is 1. The molecule has 1 heterocycles. The van der Waals surface area contributed by atoms with E-state index in [1.54, 1.807) is 38.4 Å². The van der Waals surface area contributed by atoms with Crippen molar-refractivity contribution in [2.45, 2.75) is 33.3 Å². The summed E-state index contributed by atoms with van der Waals surface area (Å²) < 4.78 is 0. The monoisotopic (exact) mass is 167 g/mol. The molecular formula is C10H17NO. The Morgan fingerprint density at radius 1 is 1.17 bits per heavy atom. The lowest BCUT2D eigenvalue weighted by Crippen LogP contribution is -2.14. The average molecular weight is 167 g/mol. The summed E-state index contributed by atoms with van der Waals surface area (Å²) in [5.74, 6) is 0. The van der Waals surface area contributed by atoms with E-state index >= 15 is 0 Å². The molecule has 1 N–H and O–H groups in total. The zero-order chi connectivity index (χ0) is 9.61.